The van der Waals surface area contributed by atoms with E-state index in [-0.39, 0.29) is 18.1 Å². The number of halogens is 4. The molecule has 1 aromatic rings. The zero-order valence-electron chi connectivity index (χ0n) is 8.01. The van der Waals surface area contributed by atoms with Crippen LogP contribution in [0.15, 0.2) is 16.5 Å². The Morgan fingerprint density at radius 3 is 2.62 bits per heavy atom. The van der Waals surface area contributed by atoms with Gasteiger partial charge in [-0.25, -0.2) is 8.78 Å². The third-order valence-corrected chi connectivity index (χ3v) is 1.75. The molecule has 0 aromatic carbocycles. The van der Waals surface area contributed by atoms with Crippen molar-refractivity contribution in [2.75, 3.05) is 6.54 Å². The summed E-state index contributed by atoms with van der Waals surface area (Å²) in [6, 6.07) is 4.48. The van der Waals surface area contributed by atoms with Gasteiger partial charge in [-0.15, -0.1) is 0 Å². The minimum Gasteiger partial charge on any atom is -0.449 e. The summed E-state index contributed by atoms with van der Waals surface area (Å²) in [5.74, 6) is -3.79. The highest BCUT2D eigenvalue weighted by Gasteiger charge is 2.39. The molecule has 88 valence electrons. The lowest BCUT2D eigenvalue weighted by Crippen LogP contribution is -2.38. The fourth-order valence-electron chi connectivity index (χ4n) is 0.963. The summed E-state index contributed by atoms with van der Waals surface area (Å²) in [5, 5.41) is 10.5. The van der Waals surface area contributed by atoms with E-state index in [0.29, 0.717) is 0 Å². The van der Waals surface area contributed by atoms with Crippen LogP contribution in [0.25, 0.3) is 0 Å². The Bertz CT molecular complexity index is 383. The standard InChI is InChI=1S/C9H8F4N2O/c10-8(11)9(12,13)5-15-4-7-2-1-6(3-14)16-7/h1-2,8,15H,4-5H2. The third-order valence-electron chi connectivity index (χ3n) is 1.75. The molecule has 0 aliphatic heterocycles. The Labute approximate surface area is 88.7 Å². The summed E-state index contributed by atoms with van der Waals surface area (Å²) in [4.78, 5) is 0. The fourth-order valence-corrected chi connectivity index (χ4v) is 0.963. The Morgan fingerprint density at radius 2 is 2.12 bits per heavy atom. The van der Waals surface area contributed by atoms with E-state index in [4.69, 9.17) is 9.68 Å². The number of alkyl halides is 4. The summed E-state index contributed by atoms with van der Waals surface area (Å²) in [6.45, 7) is -1.28. The predicted octanol–water partition coefficient (Wildman–Crippen LogP) is 2.14. The molecule has 0 bridgehead atoms. The number of nitrogens with one attached hydrogen (secondary N) is 1. The number of rotatable bonds is 5. The van der Waals surface area contributed by atoms with Crippen molar-refractivity contribution in [2.45, 2.75) is 18.9 Å². The number of nitrogens with zero attached hydrogens (tertiary/aromatic N) is 1. The normalized spacial score (nSPS) is 11.8. The molecule has 0 amide bonds. The second-order valence-corrected chi connectivity index (χ2v) is 3.04. The molecule has 0 fully saturated rings. The Hall–Kier alpha value is -1.55. The van der Waals surface area contributed by atoms with Gasteiger partial charge in [-0.1, -0.05) is 0 Å². The monoisotopic (exact) mass is 236 g/mol. The zero-order valence-corrected chi connectivity index (χ0v) is 8.01. The molecule has 1 N–H and O–H groups in total. The number of hydrogen-bond donors (Lipinski definition) is 1. The van der Waals surface area contributed by atoms with E-state index in [9.17, 15) is 17.6 Å². The van der Waals surface area contributed by atoms with Crippen LogP contribution in [0, 0.1) is 11.3 Å². The topological polar surface area (TPSA) is 49.0 Å². The molecule has 1 aromatic heterocycles. The van der Waals surface area contributed by atoms with Crippen LogP contribution in [-0.2, 0) is 6.54 Å². The van der Waals surface area contributed by atoms with Crippen LogP contribution in [0.2, 0.25) is 0 Å². The van der Waals surface area contributed by atoms with Gasteiger partial charge >= 0.3 is 12.3 Å². The van der Waals surface area contributed by atoms with Crippen molar-refractivity contribution in [2.24, 2.45) is 0 Å². The average molecular weight is 236 g/mol. The molecule has 1 rings (SSSR count). The molecule has 0 unspecified atom stereocenters. The van der Waals surface area contributed by atoms with Crippen LogP contribution in [0.1, 0.15) is 11.5 Å². The highest BCUT2D eigenvalue weighted by Crippen LogP contribution is 2.21. The van der Waals surface area contributed by atoms with E-state index < -0.39 is 18.9 Å². The molecular weight excluding hydrogens is 228 g/mol. The molecule has 0 aliphatic carbocycles. The first-order chi connectivity index (χ1) is 7.45. The Morgan fingerprint density at radius 1 is 1.44 bits per heavy atom. The van der Waals surface area contributed by atoms with Gasteiger partial charge in [0.1, 0.15) is 11.8 Å². The zero-order chi connectivity index (χ0) is 12.2. The van der Waals surface area contributed by atoms with Crippen molar-refractivity contribution < 1.29 is 22.0 Å². The summed E-state index contributed by atoms with van der Waals surface area (Å²) >= 11 is 0. The van der Waals surface area contributed by atoms with Crippen LogP contribution < -0.4 is 5.32 Å². The van der Waals surface area contributed by atoms with Gasteiger partial charge in [0, 0.05) is 0 Å². The first-order valence-electron chi connectivity index (χ1n) is 4.31. The molecule has 0 aliphatic rings. The summed E-state index contributed by atoms with van der Waals surface area (Å²) < 4.78 is 53.2. The smallest absolute Gasteiger partial charge is 0.319 e. The molecule has 0 radical (unpaired) electrons. The lowest BCUT2D eigenvalue weighted by molar-refractivity contribution is -0.125. The summed E-state index contributed by atoms with van der Waals surface area (Å²) in [7, 11) is 0. The molecular formula is C9H8F4N2O. The Kier molecular flexibility index (Phi) is 3.90. The summed E-state index contributed by atoms with van der Waals surface area (Å²) in [6.07, 6.45) is -3.70. The maximum Gasteiger partial charge on any atom is 0.319 e. The van der Waals surface area contributed by atoms with Crippen LogP contribution in [0.5, 0.6) is 0 Å². The van der Waals surface area contributed by atoms with E-state index in [1.165, 1.54) is 12.1 Å². The average Bonchev–Trinajstić information content (AvgIpc) is 2.65. The molecule has 0 atom stereocenters. The fraction of sp³-hybridized carbons (Fsp3) is 0.444. The van der Waals surface area contributed by atoms with Gasteiger partial charge in [0.05, 0.1) is 13.1 Å². The maximum absolute atomic E-state index is 12.4. The van der Waals surface area contributed by atoms with Crippen molar-refractivity contribution in [1.29, 1.82) is 5.26 Å². The van der Waals surface area contributed by atoms with Crippen LogP contribution >= 0.6 is 0 Å². The van der Waals surface area contributed by atoms with E-state index in [2.05, 4.69) is 5.32 Å². The van der Waals surface area contributed by atoms with Crippen molar-refractivity contribution >= 4 is 0 Å². The first kappa shape index (κ1) is 12.5. The van der Waals surface area contributed by atoms with Gasteiger partial charge in [0.2, 0.25) is 5.76 Å². The van der Waals surface area contributed by atoms with E-state index >= 15 is 0 Å². The predicted molar refractivity (Wildman–Crippen MR) is 46.1 cm³/mol. The minimum atomic E-state index is -4.06. The van der Waals surface area contributed by atoms with Crippen molar-refractivity contribution in [3.05, 3.63) is 23.7 Å². The molecule has 7 heteroatoms. The lowest BCUT2D eigenvalue weighted by atomic mass is 10.3. The van der Waals surface area contributed by atoms with E-state index in [1.54, 1.807) is 6.07 Å². The SMILES string of the molecule is N#Cc1ccc(CNCC(F)(F)C(F)F)o1. The maximum atomic E-state index is 12.4. The summed E-state index contributed by atoms with van der Waals surface area (Å²) in [5.41, 5.74) is 0. The first-order valence-corrected chi connectivity index (χ1v) is 4.31. The van der Waals surface area contributed by atoms with Crippen molar-refractivity contribution in [1.82, 2.24) is 5.32 Å². The Balaban J connectivity index is 2.39. The van der Waals surface area contributed by atoms with Crippen LogP contribution in [-0.4, -0.2) is 18.9 Å². The largest absolute Gasteiger partial charge is 0.449 e. The number of nitriles is 1. The second kappa shape index (κ2) is 4.99. The molecule has 0 spiro atoms. The van der Waals surface area contributed by atoms with Crippen molar-refractivity contribution in [3.63, 3.8) is 0 Å². The third kappa shape index (κ3) is 3.24. The van der Waals surface area contributed by atoms with Gasteiger partial charge in [-0.05, 0) is 12.1 Å². The molecule has 3 nitrogen and oxygen atoms in total. The number of hydrogen-bond acceptors (Lipinski definition) is 3. The quantitative estimate of drug-likeness (QED) is 0.797. The van der Waals surface area contributed by atoms with Gasteiger partial charge in [-0.3, -0.25) is 0 Å². The number of furan rings is 1. The molecule has 0 saturated carbocycles. The van der Waals surface area contributed by atoms with Gasteiger partial charge in [0.15, 0.2) is 0 Å². The highest BCUT2D eigenvalue weighted by molar-refractivity contribution is 5.18. The second-order valence-electron chi connectivity index (χ2n) is 3.04. The molecule has 16 heavy (non-hydrogen) atoms. The van der Waals surface area contributed by atoms with Gasteiger partial charge in [0.25, 0.3) is 0 Å². The minimum absolute atomic E-state index is 0.0393. The molecule has 0 saturated heterocycles. The van der Waals surface area contributed by atoms with E-state index in [1.807, 2.05) is 0 Å². The van der Waals surface area contributed by atoms with Crippen LogP contribution in [0.4, 0.5) is 17.6 Å². The van der Waals surface area contributed by atoms with Crippen molar-refractivity contribution in [3.8, 4) is 6.07 Å². The van der Waals surface area contributed by atoms with Gasteiger partial charge in [-0.2, -0.15) is 14.0 Å². The van der Waals surface area contributed by atoms with E-state index in [0.717, 1.165) is 0 Å². The highest BCUT2D eigenvalue weighted by atomic mass is 19.3. The lowest BCUT2D eigenvalue weighted by Gasteiger charge is -2.14. The van der Waals surface area contributed by atoms with Crippen LogP contribution in [0.3, 0.4) is 0 Å². The van der Waals surface area contributed by atoms with Gasteiger partial charge < -0.3 is 9.73 Å². The molecule has 1 heterocycles.